The lowest BCUT2D eigenvalue weighted by Crippen LogP contribution is -2.50. The van der Waals surface area contributed by atoms with Crippen LogP contribution in [-0.2, 0) is 5.41 Å². The van der Waals surface area contributed by atoms with E-state index in [-0.39, 0.29) is 5.41 Å². The zero-order chi connectivity index (χ0) is 16.4. The molecule has 0 bridgehead atoms. The van der Waals surface area contributed by atoms with Gasteiger partial charge in [0.05, 0.1) is 16.4 Å². The van der Waals surface area contributed by atoms with Crippen LogP contribution in [-0.4, -0.2) is 34.8 Å². The molecule has 1 N–H and O–H groups in total. The van der Waals surface area contributed by atoms with Gasteiger partial charge in [0, 0.05) is 43.4 Å². The van der Waals surface area contributed by atoms with E-state index in [2.05, 4.69) is 58.3 Å². The number of nitrogens with one attached hydrogen (secondary N) is 1. The molecule has 1 saturated heterocycles. The topological polar surface area (TPSA) is 53.9 Å². The Kier molecular flexibility index (Phi) is 4.39. The molecule has 0 unspecified atom stereocenters. The van der Waals surface area contributed by atoms with Gasteiger partial charge in [0.15, 0.2) is 5.82 Å². The fraction of sp³-hybridized carbons (Fsp3) is 0.471. The molecule has 1 aliphatic rings. The molecule has 0 atom stereocenters. The Morgan fingerprint density at radius 3 is 2.61 bits per heavy atom. The second-order valence-corrected chi connectivity index (χ2v) is 7.44. The first-order valence-electron chi connectivity index (χ1n) is 7.86. The van der Waals surface area contributed by atoms with Crippen LogP contribution >= 0.6 is 11.6 Å². The van der Waals surface area contributed by atoms with E-state index in [0.717, 1.165) is 36.8 Å². The normalized spacial score (nSPS) is 15.4. The second kappa shape index (κ2) is 6.32. The summed E-state index contributed by atoms with van der Waals surface area (Å²) in [4.78, 5) is 6.24. The van der Waals surface area contributed by atoms with Crippen molar-refractivity contribution in [2.75, 3.05) is 29.9 Å². The van der Waals surface area contributed by atoms with Crippen LogP contribution in [0.1, 0.15) is 26.5 Å². The first-order valence-corrected chi connectivity index (χ1v) is 8.24. The van der Waals surface area contributed by atoms with Crippen molar-refractivity contribution in [2.24, 2.45) is 5.92 Å². The standard InChI is InChI=1S/C17H22ClN5/c1-17(2,3)15-4-5-16(22-21-15)23-10-12(11-23)8-20-14-6-7-19-9-13(14)18/h4-7,9,12H,8,10-11H2,1-3H3,(H,19,20). The Morgan fingerprint density at radius 2 is 2.00 bits per heavy atom. The maximum absolute atomic E-state index is 6.09. The molecule has 1 aliphatic heterocycles. The van der Waals surface area contributed by atoms with Crippen molar-refractivity contribution in [3.05, 3.63) is 41.3 Å². The van der Waals surface area contributed by atoms with Crippen LogP contribution in [0.5, 0.6) is 0 Å². The summed E-state index contributed by atoms with van der Waals surface area (Å²) in [5, 5.41) is 12.8. The first-order chi connectivity index (χ1) is 10.9. The maximum Gasteiger partial charge on any atom is 0.151 e. The average Bonchev–Trinajstić information content (AvgIpc) is 2.47. The summed E-state index contributed by atoms with van der Waals surface area (Å²) >= 11 is 6.09. The lowest BCUT2D eigenvalue weighted by Gasteiger charge is -2.40. The second-order valence-electron chi connectivity index (χ2n) is 7.03. The minimum Gasteiger partial charge on any atom is -0.383 e. The molecule has 2 aromatic heterocycles. The summed E-state index contributed by atoms with van der Waals surface area (Å²) in [5.74, 6) is 1.54. The van der Waals surface area contributed by atoms with Gasteiger partial charge in [-0.1, -0.05) is 32.4 Å². The van der Waals surface area contributed by atoms with E-state index in [1.165, 1.54) is 0 Å². The van der Waals surface area contributed by atoms with Gasteiger partial charge in [0.1, 0.15) is 0 Å². The SMILES string of the molecule is CC(C)(C)c1ccc(N2CC(CNc3ccncc3Cl)C2)nn1. The fourth-order valence-electron chi connectivity index (χ4n) is 2.55. The fourth-order valence-corrected chi connectivity index (χ4v) is 2.74. The first kappa shape index (κ1) is 16.0. The molecule has 0 saturated carbocycles. The van der Waals surface area contributed by atoms with Crippen LogP contribution in [0.4, 0.5) is 11.5 Å². The number of halogens is 1. The van der Waals surface area contributed by atoms with Crippen molar-refractivity contribution in [1.29, 1.82) is 0 Å². The lowest BCUT2D eigenvalue weighted by atomic mass is 9.92. The third kappa shape index (κ3) is 3.72. The quantitative estimate of drug-likeness (QED) is 0.931. The monoisotopic (exact) mass is 331 g/mol. The molecule has 6 heteroatoms. The highest BCUT2D eigenvalue weighted by atomic mass is 35.5. The largest absolute Gasteiger partial charge is 0.383 e. The smallest absolute Gasteiger partial charge is 0.151 e. The summed E-state index contributed by atoms with van der Waals surface area (Å²) in [6.07, 6.45) is 3.40. The van der Waals surface area contributed by atoms with Gasteiger partial charge < -0.3 is 10.2 Å². The Balaban J connectivity index is 1.50. The third-order valence-corrected chi connectivity index (χ3v) is 4.35. The zero-order valence-corrected chi connectivity index (χ0v) is 14.5. The highest BCUT2D eigenvalue weighted by molar-refractivity contribution is 6.33. The number of pyridine rings is 1. The van der Waals surface area contributed by atoms with Crippen LogP contribution in [0.2, 0.25) is 5.02 Å². The lowest BCUT2D eigenvalue weighted by molar-refractivity contribution is 0.424. The van der Waals surface area contributed by atoms with Crippen molar-refractivity contribution in [2.45, 2.75) is 26.2 Å². The summed E-state index contributed by atoms with van der Waals surface area (Å²) in [5.41, 5.74) is 2.00. The number of aromatic nitrogens is 3. The van der Waals surface area contributed by atoms with E-state index in [1.807, 2.05) is 6.07 Å². The van der Waals surface area contributed by atoms with Gasteiger partial charge in [-0.2, -0.15) is 5.10 Å². The summed E-state index contributed by atoms with van der Waals surface area (Å²) in [7, 11) is 0. The predicted octanol–water partition coefficient (Wildman–Crippen LogP) is 3.37. The molecule has 0 amide bonds. The minimum absolute atomic E-state index is 0.0384. The highest BCUT2D eigenvalue weighted by Crippen LogP contribution is 2.26. The third-order valence-electron chi connectivity index (χ3n) is 4.05. The van der Waals surface area contributed by atoms with E-state index in [9.17, 15) is 0 Å². The molecule has 23 heavy (non-hydrogen) atoms. The molecule has 5 nitrogen and oxygen atoms in total. The molecular formula is C17H22ClN5. The summed E-state index contributed by atoms with van der Waals surface area (Å²) in [6.45, 7) is 9.30. The molecule has 0 spiro atoms. The molecule has 0 aliphatic carbocycles. The number of hydrogen-bond donors (Lipinski definition) is 1. The number of rotatable bonds is 4. The van der Waals surface area contributed by atoms with Gasteiger partial charge in [-0.15, -0.1) is 5.10 Å². The zero-order valence-electron chi connectivity index (χ0n) is 13.8. The molecular weight excluding hydrogens is 310 g/mol. The molecule has 2 aromatic rings. The van der Waals surface area contributed by atoms with E-state index < -0.39 is 0 Å². The number of anilines is 2. The minimum atomic E-state index is 0.0384. The Labute approximate surface area is 142 Å². The number of hydrogen-bond acceptors (Lipinski definition) is 5. The van der Waals surface area contributed by atoms with Crippen molar-refractivity contribution in [3.63, 3.8) is 0 Å². The summed E-state index contributed by atoms with van der Waals surface area (Å²) < 4.78 is 0. The van der Waals surface area contributed by atoms with Gasteiger partial charge in [-0.05, 0) is 18.2 Å². The molecule has 122 valence electrons. The van der Waals surface area contributed by atoms with Crippen molar-refractivity contribution < 1.29 is 0 Å². The molecule has 1 fully saturated rings. The Morgan fingerprint density at radius 1 is 1.22 bits per heavy atom. The van der Waals surface area contributed by atoms with Gasteiger partial charge >= 0.3 is 0 Å². The van der Waals surface area contributed by atoms with Gasteiger partial charge in [-0.3, -0.25) is 4.98 Å². The molecule has 3 heterocycles. The maximum atomic E-state index is 6.09. The summed E-state index contributed by atoms with van der Waals surface area (Å²) in [6, 6.07) is 6.04. The highest BCUT2D eigenvalue weighted by Gasteiger charge is 2.28. The van der Waals surface area contributed by atoms with Crippen molar-refractivity contribution in [1.82, 2.24) is 15.2 Å². The molecule has 3 rings (SSSR count). The van der Waals surface area contributed by atoms with E-state index >= 15 is 0 Å². The van der Waals surface area contributed by atoms with Crippen LogP contribution in [0.15, 0.2) is 30.6 Å². The van der Waals surface area contributed by atoms with Gasteiger partial charge in [-0.25, -0.2) is 0 Å². The van der Waals surface area contributed by atoms with Crippen LogP contribution < -0.4 is 10.2 Å². The van der Waals surface area contributed by atoms with Gasteiger partial charge in [0.2, 0.25) is 0 Å². The number of nitrogens with zero attached hydrogens (tertiary/aromatic N) is 4. The van der Waals surface area contributed by atoms with Crippen LogP contribution in [0.3, 0.4) is 0 Å². The predicted molar refractivity (Wildman–Crippen MR) is 94.2 cm³/mol. The van der Waals surface area contributed by atoms with Crippen molar-refractivity contribution >= 4 is 23.1 Å². The Hall–Kier alpha value is -1.88. The van der Waals surface area contributed by atoms with E-state index in [1.54, 1.807) is 12.4 Å². The van der Waals surface area contributed by atoms with Gasteiger partial charge in [0.25, 0.3) is 0 Å². The van der Waals surface area contributed by atoms with Crippen LogP contribution in [0.25, 0.3) is 0 Å². The Bertz CT molecular complexity index is 659. The molecule has 0 radical (unpaired) electrons. The van der Waals surface area contributed by atoms with E-state index in [4.69, 9.17) is 11.6 Å². The van der Waals surface area contributed by atoms with Crippen molar-refractivity contribution in [3.8, 4) is 0 Å². The average molecular weight is 332 g/mol. The molecule has 0 aromatic carbocycles. The van der Waals surface area contributed by atoms with E-state index in [0.29, 0.717) is 10.9 Å². The van der Waals surface area contributed by atoms with Crippen LogP contribution in [0, 0.1) is 5.92 Å².